The molecule has 2 fully saturated rings. The average molecular weight is 388 g/mol. The molecule has 1 aromatic carbocycles. The Bertz CT molecular complexity index is 782. The van der Waals surface area contributed by atoms with Crippen molar-refractivity contribution >= 4 is 27.5 Å². The minimum absolute atomic E-state index is 0.206. The zero-order valence-electron chi connectivity index (χ0n) is 15.6. The number of amides is 1. The van der Waals surface area contributed by atoms with Crippen LogP contribution in [0.2, 0.25) is 0 Å². The molecule has 4 rings (SSSR count). The highest BCUT2D eigenvalue weighted by Gasteiger charge is 2.27. The summed E-state index contributed by atoms with van der Waals surface area (Å²) in [7, 11) is 1.58. The van der Waals surface area contributed by atoms with Gasteiger partial charge in [-0.3, -0.25) is 15.0 Å². The van der Waals surface area contributed by atoms with E-state index in [9.17, 15) is 4.79 Å². The molecule has 1 aliphatic heterocycles. The highest BCUT2D eigenvalue weighted by Crippen LogP contribution is 2.28. The van der Waals surface area contributed by atoms with Crippen molar-refractivity contribution in [2.75, 3.05) is 43.5 Å². The standard InChI is InChI=1S/C19H25N5O2S/c1-26-16-8-4-5-14(13-16)17(25)20-18-21-22-19(27-18)24-11-9-23(10-12-24)15-6-2-3-7-15/h4-5,8,13,15H,2-3,6-7,9-12H2,1H3,(H,20,21,25). The monoisotopic (exact) mass is 387 g/mol. The molecule has 1 amide bonds. The van der Waals surface area contributed by atoms with Crippen molar-refractivity contribution in [3.05, 3.63) is 29.8 Å². The lowest BCUT2D eigenvalue weighted by Crippen LogP contribution is -2.49. The first kappa shape index (κ1) is 18.2. The van der Waals surface area contributed by atoms with Crippen LogP contribution in [-0.4, -0.2) is 60.3 Å². The molecule has 0 radical (unpaired) electrons. The van der Waals surface area contributed by atoms with Gasteiger partial charge in [0.1, 0.15) is 5.75 Å². The third kappa shape index (κ3) is 4.22. The summed E-state index contributed by atoms with van der Waals surface area (Å²) in [4.78, 5) is 17.3. The van der Waals surface area contributed by atoms with E-state index in [1.807, 2.05) is 6.07 Å². The minimum atomic E-state index is -0.206. The Hall–Kier alpha value is -2.19. The number of aromatic nitrogens is 2. The molecule has 1 N–H and O–H groups in total. The number of rotatable bonds is 5. The Morgan fingerprint density at radius 1 is 1.19 bits per heavy atom. The normalized spacial score (nSPS) is 18.6. The summed E-state index contributed by atoms with van der Waals surface area (Å²) in [5.74, 6) is 0.448. The average Bonchev–Trinajstić information content (AvgIpc) is 3.40. The van der Waals surface area contributed by atoms with Gasteiger partial charge in [0.05, 0.1) is 7.11 Å². The summed E-state index contributed by atoms with van der Waals surface area (Å²) < 4.78 is 5.17. The van der Waals surface area contributed by atoms with Crippen molar-refractivity contribution in [3.63, 3.8) is 0 Å². The van der Waals surface area contributed by atoms with E-state index in [1.165, 1.54) is 37.0 Å². The quantitative estimate of drug-likeness (QED) is 0.851. The predicted octanol–water partition coefficient (Wildman–Crippen LogP) is 2.86. The van der Waals surface area contributed by atoms with Gasteiger partial charge < -0.3 is 9.64 Å². The Labute approximate surface area is 163 Å². The largest absolute Gasteiger partial charge is 0.497 e. The summed E-state index contributed by atoms with van der Waals surface area (Å²) in [6.07, 6.45) is 5.44. The van der Waals surface area contributed by atoms with Gasteiger partial charge in [-0.1, -0.05) is 30.2 Å². The summed E-state index contributed by atoms with van der Waals surface area (Å²) in [6, 6.07) is 7.84. The number of nitrogens with one attached hydrogen (secondary N) is 1. The van der Waals surface area contributed by atoms with Gasteiger partial charge in [0.25, 0.3) is 5.91 Å². The number of carbonyl (C=O) groups is 1. The van der Waals surface area contributed by atoms with Crippen LogP contribution in [0.5, 0.6) is 5.75 Å². The van der Waals surface area contributed by atoms with E-state index in [2.05, 4.69) is 25.3 Å². The molecule has 7 nitrogen and oxygen atoms in total. The molecule has 144 valence electrons. The number of nitrogens with zero attached hydrogens (tertiary/aromatic N) is 4. The maximum atomic E-state index is 12.4. The maximum Gasteiger partial charge on any atom is 0.257 e. The van der Waals surface area contributed by atoms with E-state index < -0.39 is 0 Å². The Balaban J connectivity index is 1.34. The molecular weight excluding hydrogens is 362 g/mol. The summed E-state index contributed by atoms with van der Waals surface area (Å²) in [6.45, 7) is 4.09. The molecular formula is C19H25N5O2S. The number of benzene rings is 1. The van der Waals surface area contributed by atoms with E-state index in [0.717, 1.165) is 37.4 Å². The molecule has 0 unspecified atom stereocenters. The van der Waals surface area contributed by atoms with Crippen LogP contribution >= 0.6 is 11.3 Å². The number of piperazine rings is 1. The lowest BCUT2D eigenvalue weighted by molar-refractivity contribution is 0.102. The van der Waals surface area contributed by atoms with Crippen LogP contribution < -0.4 is 15.0 Å². The second-order valence-electron chi connectivity index (χ2n) is 7.04. The summed E-state index contributed by atoms with van der Waals surface area (Å²) in [5, 5.41) is 12.7. The first-order valence-corrected chi connectivity index (χ1v) is 10.3. The van der Waals surface area contributed by atoms with Crippen molar-refractivity contribution in [1.29, 1.82) is 0 Å². The van der Waals surface area contributed by atoms with Crippen molar-refractivity contribution in [1.82, 2.24) is 15.1 Å². The second kappa shape index (κ2) is 8.22. The molecule has 8 heteroatoms. The number of methoxy groups -OCH3 is 1. The first-order chi connectivity index (χ1) is 13.2. The summed E-state index contributed by atoms with van der Waals surface area (Å²) >= 11 is 1.43. The molecule has 0 spiro atoms. The lowest BCUT2D eigenvalue weighted by Gasteiger charge is -2.37. The van der Waals surface area contributed by atoms with Crippen LogP contribution in [0.3, 0.4) is 0 Å². The van der Waals surface area contributed by atoms with E-state index in [0.29, 0.717) is 16.4 Å². The highest BCUT2D eigenvalue weighted by atomic mass is 32.1. The third-order valence-electron chi connectivity index (χ3n) is 5.39. The topological polar surface area (TPSA) is 70.6 Å². The van der Waals surface area contributed by atoms with Crippen molar-refractivity contribution in [2.45, 2.75) is 31.7 Å². The first-order valence-electron chi connectivity index (χ1n) is 9.51. The van der Waals surface area contributed by atoms with Gasteiger partial charge in [0.2, 0.25) is 10.3 Å². The van der Waals surface area contributed by atoms with Crippen LogP contribution in [0.25, 0.3) is 0 Å². The third-order valence-corrected chi connectivity index (χ3v) is 6.29. The summed E-state index contributed by atoms with van der Waals surface area (Å²) in [5.41, 5.74) is 0.538. The van der Waals surface area contributed by atoms with Gasteiger partial charge >= 0.3 is 0 Å². The second-order valence-corrected chi connectivity index (χ2v) is 7.99. The molecule has 2 aliphatic rings. The Morgan fingerprint density at radius 2 is 1.96 bits per heavy atom. The van der Waals surface area contributed by atoms with Gasteiger partial charge in [-0.25, -0.2) is 0 Å². The van der Waals surface area contributed by atoms with E-state index >= 15 is 0 Å². The number of ether oxygens (including phenoxy) is 1. The van der Waals surface area contributed by atoms with Crippen molar-refractivity contribution in [3.8, 4) is 5.75 Å². The van der Waals surface area contributed by atoms with Crippen LogP contribution in [0.1, 0.15) is 36.0 Å². The highest BCUT2D eigenvalue weighted by molar-refractivity contribution is 7.19. The fourth-order valence-corrected chi connectivity index (χ4v) is 4.67. The van der Waals surface area contributed by atoms with Crippen LogP contribution in [0.4, 0.5) is 10.3 Å². The molecule has 27 heavy (non-hydrogen) atoms. The minimum Gasteiger partial charge on any atom is -0.497 e. The lowest BCUT2D eigenvalue weighted by atomic mass is 10.2. The van der Waals surface area contributed by atoms with Crippen LogP contribution in [0.15, 0.2) is 24.3 Å². The fraction of sp³-hybridized carbons (Fsp3) is 0.526. The van der Waals surface area contributed by atoms with E-state index in [4.69, 9.17) is 4.74 Å². The number of hydrogen-bond acceptors (Lipinski definition) is 7. The SMILES string of the molecule is COc1cccc(C(=O)Nc2nnc(N3CCN(C4CCCC4)CC3)s2)c1. The molecule has 1 aromatic heterocycles. The molecule has 1 aliphatic carbocycles. The van der Waals surface area contributed by atoms with Gasteiger partial charge in [0, 0.05) is 37.8 Å². The number of carbonyl (C=O) groups excluding carboxylic acids is 1. The fourth-order valence-electron chi connectivity index (χ4n) is 3.88. The molecule has 1 saturated heterocycles. The molecule has 0 bridgehead atoms. The van der Waals surface area contributed by atoms with E-state index in [-0.39, 0.29) is 5.91 Å². The van der Waals surface area contributed by atoms with Crippen molar-refractivity contribution in [2.24, 2.45) is 0 Å². The zero-order chi connectivity index (χ0) is 18.6. The zero-order valence-corrected chi connectivity index (χ0v) is 16.4. The van der Waals surface area contributed by atoms with Gasteiger partial charge in [-0.2, -0.15) is 0 Å². The number of hydrogen-bond donors (Lipinski definition) is 1. The predicted molar refractivity (Wildman–Crippen MR) is 107 cm³/mol. The van der Waals surface area contributed by atoms with Crippen LogP contribution in [0, 0.1) is 0 Å². The smallest absolute Gasteiger partial charge is 0.257 e. The Kier molecular flexibility index (Phi) is 5.54. The van der Waals surface area contributed by atoms with Crippen LogP contribution in [-0.2, 0) is 0 Å². The van der Waals surface area contributed by atoms with Gasteiger partial charge in [0.15, 0.2) is 0 Å². The van der Waals surface area contributed by atoms with Crippen molar-refractivity contribution < 1.29 is 9.53 Å². The Morgan fingerprint density at radius 3 is 2.70 bits per heavy atom. The molecule has 2 heterocycles. The van der Waals surface area contributed by atoms with Gasteiger partial charge in [-0.05, 0) is 31.0 Å². The van der Waals surface area contributed by atoms with Gasteiger partial charge in [-0.15, -0.1) is 10.2 Å². The maximum absolute atomic E-state index is 12.4. The molecule has 2 aromatic rings. The van der Waals surface area contributed by atoms with E-state index in [1.54, 1.807) is 25.3 Å². The molecule has 0 atom stereocenters. The number of anilines is 2. The molecule has 1 saturated carbocycles.